The number of nitrogens with zero attached hydrogens (tertiary/aromatic N) is 8. The van der Waals surface area contributed by atoms with Crippen molar-refractivity contribution in [3.05, 3.63) is 54.2 Å². The first kappa shape index (κ1) is 23.9. The molecule has 0 aromatic carbocycles. The molecule has 4 aromatic heterocycles. The van der Waals surface area contributed by atoms with Crippen molar-refractivity contribution >= 4 is 17.5 Å². The van der Waals surface area contributed by atoms with Gasteiger partial charge in [-0.3, -0.25) is 14.4 Å². The molecule has 0 spiro atoms. The number of hydrogen-bond acceptors (Lipinski definition) is 10. The van der Waals surface area contributed by atoms with E-state index in [-0.39, 0.29) is 12.2 Å². The molecule has 200 valence electrons. The van der Waals surface area contributed by atoms with Crippen LogP contribution >= 0.6 is 0 Å². The Kier molecular flexibility index (Phi) is 5.67. The van der Waals surface area contributed by atoms with Crippen LogP contribution in [-0.2, 0) is 23.5 Å². The molecule has 1 amide bonds. The Morgan fingerprint density at radius 3 is 2.72 bits per heavy atom. The van der Waals surface area contributed by atoms with Gasteiger partial charge in [0, 0.05) is 51.9 Å². The number of nitrogens with one attached hydrogen (secondary N) is 1. The number of rotatable bonds is 7. The number of fused-ring (bicyclic) bond motifs is 1. The van der Waals surface area contributed by atoms with E-state index in [0.29, 0.717) is 35.3 Å². The van der Waals surface area contributed by atoms with Gasteiger partial charge in [-0.2, -0.15) is 5.10 Å². The number of carbonyl (C=O) groups is 1. The van der Waals surface area contributed by atoms with Crippen LogP contribution in [-0.4, -0.2) is 77.4 Å². The first-order valence-corrected chi connectivity index (χ1v) is 13.3. The molecule has 2 N–H and O–H groups in total. The minimum absolute atomic E-state index is 0.118. The number of likely N-dealkylation sites (tertiary alicyclic amines) is 1. The Morgan fingerprint density at radius 1 is 1.10 bits per heavy atom. The van der Waals surface area contributed by atoms with E-state index in [1.54, 1.807) is 31.4 Å². The number of likely N-dealkylation sites (N-methyl/N-ethyl adjacent to an activating group) is 1. The summed E-state index contributed by atoms with van der Waals surface area (Å²) in [4.78, 5) is 30.3. The van der Waals surface area contributed by atoms with Crippen LogP contribution in [0.3, 0.4) is 0 Å². The lowest BCUT2D eigenvalue weighted by Crippen LogP contribution is -2.35. The van der Waals surface area contributed by atoms with Crippen LogP contribution in [0.5, 0.6) is 0 Å². The van der Waals surface area contributed by atoms with Crippen molar-refractivity contribution in [2.75, 3.05) is 32.0 Å². The van der Waals surface area contributed by atoms with E-state index >= 15 is 0 Å². The molecule has 3 aliphatic rings. The molecule has 1 atom stereocenters. The van der Waals surface area contributed by atoms with E-state index in [4.69, 9.17) is 14.5 Å². The van der Waals surface area contributed by atoms with Crippen molar-refractivity contribution in [1.29, 1.82) is 0 Å². The Balaban J connectivity index is 1.11. The Bertz CT molecular complexity index is 1540. The molecule has 0 radical (unpaired) electrons. The normalized spacial score (nSPS) is 21.4. The van der Waals surface area contributed by atoms with Gasteiger partial charge in [0.05, 0.1) is 41.2 Å². The second-order valence-corrected chi connectivity index (χ2v) is 10.6. The minimum atomic E-state index is -1.70. The maximum atomic E-state index is 12.4. The van der Waals surface area contributed by atoms with Gasteiger partial charge in [-0.15, -0.1) is 0 Å². The highest BCUT2D eigenvalue weighted by atomic mass is 16.5. The number of aliphatic hydroxyl groups is 1. The molecule has 6 heterocycles. The molecule has 1 saturated carbocycles. The van der Waals surface area contributed by atoms with Gasteiger partial charge in [0.1, 0.15) is 5.69 Å². The summed E-state index contributed by atoms with van der Waals surface area (Å²) >= 11 is 0. The predicted octanol–water partition coefficient (Wildman–Crippen LogP) is 2.41. The molecule has 2 aliphatic heterocycles. The molecule has 12 heteroatoms. The summed E-state index contributed by atoms with van der Waals surface area (Å²) in [7, 11) is 1.65. The quantitative estimate of drug-likeness (QED) is 0.368. The number of carbonyl (C=O) groups excluding carboxylic acids is 1. The summed E-state index contributed by atoms with van der Waals surface area (Å²) < 4.78 is 7.45. The molecule has 7 rings (SSSR count). The lowest BCUT2D eigenvalue weighted by molar-refractivity contribution is -0.144. The number of hydrogen-bond donors (Lipinski definition) is 2. The summed E-state index contributed by atoms with van der Waals surface area (Å²) in [6.07, 6.45) is 6.47. The standard InChI is InChI=1S/C27H29N9O3/c1-34-10-8-27(38,25(34)37)24-13-21(33-39-24)19-4-2-3-18(30-19)20-7-9-28-26(31-20)32-22-14-29-36-12-11-35(16-23(22)36)15-17-5-6-17/h2-4,7,9,13-14,17,38H,5-6,8,10-12,15-16H2,1H3,(H,28,31,32)/t27-/m1/s1. The number of pyridine rings is 1. The molecule has 0 bridgehead atoms. The zero-order valence-corrected chi connectivity index (χ0v) is 21.6. The molecule has 1 aliphatic carbocycles. The van der Waals surface area contributed by atoms with E-state index < -0.39 is 11.5 Å². The van der Waals surface area contributed by atoms with Crippen LogP contribution in [0, 0.1) is 5.92 Å². The maximum absolute atomic E-state index is 12.4. The highest BCUT2D eigenvalue weighted by Gasteiger charge is 2.48. The smallest absolute Gasteiger partial charge is 0.262 e. The van der Waals surface area contributed by atoms with Crippen molar-refractivity contribution in [3.8, 4) is 22.8 Å². The molecule has 0 unspecified atom stereocenters. The van der Waals surface area contributed by atoms with Crippen molar-refractivity contribution < 1.29 is 14.4 Å². The lowest BCUT2D eigenvalue weighted by atomic mass is 9.98. The highest BCUT2D eigenvalue weighted by Crippen LogP contribution is 2.35. The second kappa shape index (κ2) is 9.24. The van der Waals surface area contributed by atoms with Crippen LogP contribution in [0.2, 0.25) is 0 Å². The first-order chi connectivity index (χ1) is 19.0. The molecule has 4 aromatic rings. The number of anilines is 2. The Hall–Kier alpha value is -4.16. The lowest BCUT2D eigenvalue weighted by Gasteiger charge is -2.28. The third-order valence-corrected chi connectivity index (χ3v) is 7.77. The van der Waals surface area contributed by atoms with Crippen LogP contribution in [0.4, 0.5) is 11.6 Å². The van der Waals surface area contributed by atoms with Gasteiger partial charge in [0.25, 0.3) is 5.91 Å². The summed E-state index contributed by atoms with van der Waals surface area (Å²) in [5, 5.41) is 22.9. The zero-order valence-electron chi connectivity index (χ0n) is 21.6. The van der Waals surface area contributed by atoms with Crippen molar-refractivity contribution in [2.24, 2.45) is 5.92 Å². The van der Waals surface area contributed by atoms with Gasteiger partial charge in [-0.25, -0.2) is 15.0 Å². The number of aromatic nitrogens is 6. The average Bonchev–Trinajstić information content (AvgIpc) is 3.36. The van der Waals surface area contributed by atoms with Gasteiger partial charge in [0.15, 0.2) is 5.76 Å². The van der Waals surface area contributed by atoms with Gasteiger partial charge >= 0.3 is 0 Å². The predicted molar refractivity (Wildman–Crippen MR) is 140 cm³/mol. The molecule has 2 fully saturated rings. The summed E-state index contributed by atoms with van der Waals surface area (Å²) in [5.74, 6) is 1.03. The third kappa shape index (κ3) is 4.45. The van der Waals surface area contributed by atoms with Gasteiger partial charge < -0.3 is 19.8 Å². The largest absolute Gasteiger partial charge is 0.373 e. The third-order valence-electron chi connectivity index (χ3n) is 7.77. The van der Waals surface area contributed by atoms with Gasteiger partial charge in [-0.05, 0) is 37.0 Å². The Morgan fingerprint density at radius 2 is 1.92 bits per heavy atom. The monoisotopic (exact) mass is 527 g/mol. The maximum Gasteiger partial charge on any atom is 0.262 e. The van der Waals surface area contributed by atoms with E-state index in [2.05, 4.69) is 30.1 Å². The van der Waals surface area contributed by atoms with E-state index in [1.165, 1.54) is 17.7 Å². The van der Waals surface area contributed by atoms with Gasteiger partial charge in [0.2, 0.25) is 11.5 Å². The SMILES string of the molecule is CN1CC[C@@](O)(c2cc(-c3cccc(-c4ccnc(Nc5cnn6c5CN(CC5CC5)CC6)n4)n3)no2)C1=O. The van der Waals surface area contributed by atoms with E-state index in [9.17, 15) is 9.90 Å². The number of amides is 1. The summed E-state index contributed by atoms with van der Waals surface area (Å²) in [6, 6.07) is 8.88. The first-order valence-electron chi connectivity index (χ1n) is 13.3. The minimum Gasteiger partial charge on any atom is -0.373 e. The van der Waals surface area contributed by atoms with Crippen LogP contribution in [0.1, 0.15) is 30.7 Å². The van der Waals surface area contributed by atoms with Gasteiger partial charge in [-0.1, -0.05) is 11.2 Å². The average molecular weight is 528 g/mol. The van der Waals surface area contributed by atoms with Crippen molar-refractivity contribution in [2.45, 2.75) is 38.0 Å². The van der Waals surface area contributed by atoms with E-state index in [0.717, 1.165) is 43.5 Å². The fourth-order valence-corrected chi connectivity index (χ4v) is 5.30. The fourth-order valence-electron chi connectivity index (χ4n) is 5.30. The highest BCUT2D eigenvalue weighted by molar-refractivity contribution is 5.87. The molecule has 39 heavy (non-hydrogen) atoms. The van der Waals surface area contributed by atoms with Crippen molar-refractivity contribution in [1.82, 2.24) is 39.7 Å². The molecular weight excluding hydrogens is 498 g/mol. The van der Waals surface area contributed by atoms with Crippen molar-refractivity contribution in [3.63, 3.8) is 0 Å². The zero-order chi connectivity index (χ0) is 26.6. The molecular formula is C27H29N9O3. The van der Waals surface area contributed by atoms with Crippen LogP contribution in [0.25, 0.3) is 22.8 Å². The fraction of sp³-hybridized carbons (Fsp3) is 0.407. The topological polar surface area (TPSA) is 138 Å². The van der Waals surface area contributed by atoms with Crippen LogP contribution in [0.15, 0.2) is 47.2 Å². The molecule has 1 saturated heterocycles. The summed E-state index contributed by atoms with van der Waals surface area (Å²) in [5.41, 5.74) is 2.59. The second-order valence-electron chi connectivity index (χ2n) is 10.6. The molecule has 12 nitrogen and oxygen atoms in total. The summed E-state index contributed by atoms with van der Waals surface area (Å²) in [6.45, 7) is 4.37. The van der Waals surface area contributed by atoms with E-state index in [1.807, 2.05) is 18.3 Å². The van der Waals surface area contributed by atoms with Crippen LogP contribution < -0.4 is 5.32 Å². The Labute approximate surface area is 224 Å².